The molecule has 1 fully saturated rings. The lowest BCUT2D eigenvalue weighted by atomic mass is 9.74. The number of fused-ring (bicyclic) bond motifs is 2. The van der Waals surface area contributed by atoms with E-state index in [1.54, 1.807) is 12.1 Å². The molecule has 1 aliphatic carbocycles. The zero-order chi connectivity index (χ0) is 20.7. The molecule has 2 aromatic carbocycles. The van der Waals surface area contributed by atoms with Crippen molar-refractivity contribution in [1.82, 2.24) is 9.88 Å². The summed E-state index contributed by atoms with van der Waals surface area (Å²) in [4.78, 5) is 7.03. The maximum absolute atomic E-state index is 14.4. The zero-order valence-corrected chi connectivity index (χ0v) is 17.3. The summed E-state index contributed by atoms with van der Waals surface area (Å²) in [5, 5.41) is 0. The molecule has 0 bridgehead atoms. The molecule has 0 radical (unpaired) electrons. The van der Waals surface area contributed by atoms with E-state index in [4.69, 9.17) is 9.15 Å². The molecule has 4 nitrogen and oxygen atoms in total. The number of nitrogens with zero attached hydrogens (tertiary/aromatic N) is 2. The smallest absolute Gasteiger partial charge is 0.229 e. The van der Waals surface area contributed by atoms with E-state index in [0.717, 1.165) is 37.4 Å². The van der Waals surface area contributed by atoms with Gasteiger partial charge < -0.3 is 9.15 Å². The topological polar surface area (TPSA) is 38.5 Å². The van der Waals surface area contributed by atoms with E-state index in [-0.39, 0.29) is 5.41 Å². The second-order valence-electron chi connectivity index (χ2n) is 8.22. The largest absolute Gasteiger partial charge is 0.497 e. The quantitative estimate of drug-likeness (QED) is 0.587. The molecule has 0 saturated carbocycles. The Kier molecular flexibility index (Phi) is 4.70. The van der Waals surface area contributed by atoms with Crippen LogP contribution in [0, 0.1) is 12.7 Å². The summed E-state index contributed by atoms with van der Waals surface area (Å²) >= 11 is 0. The molecule has 1 aliphatic heterocycles. The highest BCUT2D eigenvalue weighted by Crippen LogP contribution is 2.43. The fourth-order valence-corrected chi connectivity index (χ4v) is 4.68. The van der Waals surface area contributed by atoms with Crippen molar-refractivity contribution in [2.45, 2.75) is 31.7 Å². The van der Waals surface area contributed by atoms with Crippen LogP contribution in [-0.2, 0) is 12.0 Å². The number of benzene rings is 2. The summed E-state index contributed by atoms with van der Waals surface area (Å²) < 4.78 is 25.3. The summed E-state index contributed by atoms with van der Waals surface area (Å²) in [5.74, 6) is 1.15. The number of methoxy groups -OCH3 is 1. The molecular weight excluding hydrogens is 379 g/mol. The van der Waals surface area contributed by atoms with E-state index in [1.165, 1.54) is 24.3 Å². The van der Waals surface area contributed by atoms with Crippen LogP contribution in [0.4, 0.5) is 4.39 Å². The predicted octanol–water partition coefficient (Wildman–Crippen LogP) is 5.36. The number of piperidine rings is 1. The number of rotatable bonds is 4. The van der Waals surface area contributed by atoms with E-state index < -0.39 is 5.82 Å². The van der Waals surface area contributed by atoms with Crippen molar-refractivity contribution < 1.29 is 13.5 Å². The molecule has 154 valence electrons. The Bertz CT molecular complexity index is 1110. The van der Waals surface area contributed by atoms with Crippen LogP contribution in [-0.4, -0.2) is 30.1 Å². The molecule has 2 heterocycles. The van der Waals surface area contributed by atoms with Crippen molar-refractivity contribution in [3.8, 4) is 17.2 Å². The van der Waals surface area contributed by atoms with Crippen molar-refractivity contribution in [2.75, 3.05) is 20.2 Å². The first-order chi connectivity index (χ1) is 14.6. The molecule has 5 heteroatoms. The van der Waals surface area contributed by atoms with Crippen LogP contribution < -0.4 is 4.74 Å². The lowest BCUT2D eigenvalue weighted by Crippen LogP contribution is -2.40. The fourth-order valence-electron chi connectivity index (χ4n) is 4.68. The Labute approximate surface area is 176 Å². The number of aromatic nitrogens is 1. The van der Waals surface area contributed by atoms with Crippen LogP contribution in [0.3, 0.4) is 0 Å². The molecule has 2 aliphatic rings. The molecule has 0 amide bonds. The Balaban J connectivity index is 1.30. The Morgan fingerprint density at radius 2 is 1.97 bits per heavy atom. The maximum Gasteiger partial charge on any atom is 0.229 e. The lowest BCUT2D eigenvalue weighted by Gasteiger charge is -2.39. The summed E-state index contributed by atoms with van der Waals surface area (Å²) in [7, 11) is 1.52. The maximum atomic E-state index is 14.4. The Hall–Kier alpha value is -2.92. The highest BCUT2D eigenvalue weighted by atomic mass is 19.1. The second kappa shape index (κ2) is 7.40. The van der Waals surface area contributed by atoms with Crippen LogP contribution in [0.15, 0.2) is 53.0 Å². The molecular formula is C25H25FN2O2. The molecule has 5 rings (SSSR count). The fraction of sp³-hybridized carbons (Fsp3) is 0.320. The number of allylic oxidation sites excluding steroid dienone is 1. The van der Waals surface area contributed by atoms with E-state index in [9.17, 15) is 4.39 Å². The minimum absolute atomic E-state index is 0.170. The summed E-state index contributed by atoms with van der Waals surface area (Å²) in [6, 6.07) is 13.4. The van der Waals surface area contributed by atoms with Gasteiger partial charge in [0.25, 0.3) is 0 Å². The molecule has 1 spiro atoms. The minimum atomic E-state index is -0.395. The van der Waals surface area contributed by atoms with Crippen molar-refractivity contribution in [3.05, 3.63) is 76.9 Å². The van der Waals surface area contributed by atoms with Gasteiger partial charge in [-0.2, -0.15) is 0 Å². The van der Waals surface area contributed by atoms with Gasteiger partial charge in [-0.25, -0.2) is 9.37 Å². The van der Waals surface area contributed by atoms with Gasteiger partial charge in [-0.15, -0.1) is 0 Å². The van der Waals surface area contributed by atoms with Gasteiger partial charge in [-0.3, -0.25) is 4.90 Å². The van der Waals surface area contributed by atoms with Crippen LogP contribution in [0.2, 0.25) is 0 Å². The number of aryl methyl sites for hydroxylation is 1. The molecule has 1 saturated heterocycles. The van der Waals surface area contributed by atoms with Crippen molar-refractivity contribution in [1.29, 1.82) is 0 Å². The Morgan fingerprint density at radius 3 is 2.73 bits per heavy atom. The highest BCUT2D eigenvalue weighted by Gasteiger charge is 2.38. The SMILES string of the molecule is COc1ccc(-c2nc(CN3CCC4(C=Cc5ccccc54)CC3)c(C)o2)c(F)c1. The standard InChI is InChI=1S/C25H25FN2O2/c1-17-23(27-24(30-17)20-8-7-19(29-2)15-22(20)26)16-28-13-11-25(12-14-28)10-9-18-5-3-4-6-21(18)25/h3-10,15H,11-14,16H2,1-2H3. The minimum Gasteiger partial charge on any atom is -0.497 e. The van der Waals surface area contributed by atoms with Gasteiger partial charge >= 0.3 is 0 Å². The normalized spacial score (nSPS) is 17.4. The van der Waals surface area contributed by atoms with Gasteiger partial charge in [0.1, 0.15) is 17.3 Å². The highest BCUT2D eigenvalue weighted by molar-refractivity contribution is 5.65. The summed E-state index contributed by atoms with van der Waals surface area (Å²) in [5.41, 5.74) is 4.21. The van der Waals surface area contributed by atoms with Crippen LogP contribution in [0.5, 0.6) is 5.75 Å². The molecule has 30 heavy (non-hydrogen) atoms. The number of halogens is 1. The number of ether oxygens (including phenoxy) is 1. The number of oxazole rings is 1. The van der Waals surface area contributed by atoms with Crippen molar-refractivity contribution >= 4 is 6.08 Å². The average molecular weight is 404 g/mol. The first-order valence-electron chi connectivity index (χ1n) is 10.4. The van der Waals surface area contributed by atoms with Gasteiger partial charge in [0.2, 0.25) is 5.89 Å². The van der Waals surface area contributed by atoms with Crippen molar-refractivity contribution in [3.63, 3.8) is 0 Å². The number of hydrogen-bond donors (Lipinski definition) is 0. The van der Waals surface area contributed by atoms with Gasteiger partial charge in [-0.1, -0.05) is 36.4 Å². The predicted molar refractivity (Wildman–Crippen MR) is 115 cm³/mol. The van der Waals surface area contributed by atoms with Crippen LogP contribution >= 0.6 is 0 Å². The van der Waals surface area contributed by atoms with Crippen LogP contribution in [0.25, 0.3) is 17.5 Å². The van der Waals surface area contributed by atoms with Gasteiger partial charge in [-0.05, 0) is 56.1 Å². The monoisotopic (exact) mass is 404 g/mol. The third-order valence-electron chi connectivity index (χ3n) is 6.50. The average Bonchev–Trinajstić information content (AvgIpc) is 3.31. The molecule has 0 N–H and O–H groups in total. The summed E-state index contributed by atoms with van der Waals surface area (Å²) in [6.07, 6.45) is 6.85. The Morgan fingerprint density at radius 1 is 1.17 bits per heavy atom. The zero-order valence-electron chi connectivity index (χ0n) is 17.3. The molecule has 1 aromatic heterocycles. The number of hydrogen-bond acceptors (Lipinski definition) is 4. The molecule has 0 unspecified atom stereocenters. The third kappa shape index (κ3) is 3.23. The van der Waals surface area contributed by atoms with E-state index >= 15 is 0 Å². The summed E-state index contributed by atoms with van der Waals surface area (Å²) in [6.45, 7) is 4.61. The van der Waals surface area contributed by atoms with Gasteiger partial charge in [0, 0.05) is 18.0 Å². The first kappa shape index (κ1) is 19.1. The first-order valence-corrected chi connectivity index (χ1v) is 10.4. The lowest BCUT2D eigenvalue weighted by molar-refractivity contribution is 0.175. The number of likely N-dealkylation sites (tertiary alicyclic amines) is 1. The van der Waals surface area contributed by atoms with Crippen molar-refractivity contribution in [2.24, 2.45) is 0 Å². The molecule has 3 aromatic rings. The van der Waals surface area contributed by atoms with E-state index in [0.29, 0.717) is 23.7 Å². The van der Waals surface area contributed by atoms with E-state index in [1.807, 2.05) is 6.92 Å². The van der Waals surface area contributed by atoms with E-state index in [2.05, 4.69) is 46.3 Å². The van der Waals surface area contributed by atoms with Crippen LogP contribution in [0.1, 0.15) is 35.4 Å². The second-order valence-corrected chi connectivity index (χ2v) is 8.22. The van der Waals surface area contributed by atoms with Gasteiger partial charge in [0.05, 0.1) is 18.4 Å². The third-order valence-corrected chi connectivity index (χ3v) is 6.50. The molecule has 0 atom stereocenters. The van der Waals surface area contributed by atoms with Gasteiger partial charge in [0.15, 0.2) is 0 Å².